The van der Waals surface area contributed by atoms with Gasteiger partial charge in [0.2, 0.25) is 0 Å². The predicted octanol–water partition coefficient (Wildman–Crippen LogP) is 3.17. The van der Waals surface area contributed by atoms with E-state index in [0.29, 0.717) is 5.92 Å². The van der Waals surface area contributed by atoms with Gasteiger partial charge in [-0.05, 0) is 36.6 Å². The fourth-order valence-corrected chi connectivity index (χ4v) is 2.27. The molecule has 0 radical (unpaired) electrons. The van der Waals surface area contributed by atoms with Crippen molar-refractivity contribution in [1.82, 2.24) is 4.90 Å². The Labute approximate surface area is 133 Å². The molecule has 1 aromatic rings. The van der Waals surface area contributed by atoms with Crippen molar-refractivity contribution < 1.29 is 0 Å². The van der Waals surface area contributed by atoms with Crippen LogP contribution in [0.2, 0.25) is 0 Å². The molecular formula is C18H26N4. The molecule has 0 aliphatic heterocycles. The molecule has 2 rings (SSSR count). The minimum absolute atomic E-state index is 0.551. The molecule has 118 valence electrons. The highest BCUT2D eigenvalue weighted by Gasteiger charge is 2.31. The lowest BCUT2D eigenvalue weighted by Crippen LogP contribution is -2.25. The summed E-state index contributed by atoms with van der Waals surface area (Å²) >= 11 is 0. The van der Waals surface area contributed by atoms with Crippen LogP contribution in [-0.4, -0.2) is 51.7 Å². The topological polar surface area (TPSA) is 31.2 Å². The minimum Gasteiger partial charge on any atom is -0.378 e. The van der Waals surface area contributed by atoms with E-state index in [4.69, 9.17) is 0 Å². The van der Waals surface area contributed by atoms with E-state index in [2.05, 4.69) is 58.1 Å². The Kier molecular flexibility index (Phi) is 5.36. The SMILES string of the molecule is CN=CCN(C)C(C)=NC=C1CC1c1ccc(N(C)C)cc1. The molecule has 1 aliphatic carbocycles. The zero-order chi connectivity index (χ0) is 16.1. The van der Waals surface area contributed by atoms with Crippen LogP contribution in [0, 0.1) is 0 Å². The summed E-state index contributed by atoms with van der Waals surface area (Å²) in [6.45, 7) is 2.83. The molecule has 1 saturated carbocycles. The standard InChI is InChI=1S/C18H26N4/c1-14(22(5)11-10-19-2)20-13-16-12-18(16)15-6-8-17(9-7-15)21(3)4/h6-10,13,18H,11-12H2,1-5H3. The van der Waals surface area contributed by atoms with Gasteiger partial charge in [0.1, 0.15) is 5.84 Å². The molecule has 0 amide bonds. The van der Waals surface area contributed by atoms with Crippen molar-refractivity contribution in [3.63, 3.8) is 0 Å². The number of hydrogen-bond acceptors (Lipinski definition) is 3. The summed E-state index contributed by atoms with van der Waals surface area (Å²) < 4.78 is 0. The monoisotopic (exact) mass is 298 g/mol. The van der Waals surface area contributed by atoms with Gasteiger partial charge in [-0.1, -0.05) is 12.1 Å². The Morgan fingerprint density at radius 2 is 1.91 bits per heavy atom. The van der Waals surface area contributed by atoms with E-state index in [1.807, 2.05) is 26.4 Å². The maximum Gasteiger partial charge on any atom is 0.101 e. The summed E-state index contributed by atoms with van der Waals surface area (Å²) in [5, 5.41) is 0. The second-order valence-electron chi connectivity index (χ2n) is 5.94. The molecule has 0 saturated heterocycles. The fraction of sp³-hybridized carbons (Fsp3) is 0.444. The molecule has 0 aromatic heterocycles. The third-order valence-electron chi connectivity index (χ3n) is 4.05. The Balaban J connectivity index is 1.96. The van der Waals surface area contributed by atoms with Crippen LogP contribution in [0.15, 0.2) is 46.0 Å². The number of benzene rings is 1. The van der Waals surface area contributed by atoms with Gasteiger partial charge in [0.05, 0.1) is 6.54 Å². The van der Waals surface area contributed by atoms with Crippen LogP contribution < -0.4 is 4.90 Å². The summed E-state index contributed by atoms with van der Waals surface area (Å²) in [7, 11) is 7.95. The lowest BCUT2D eigenvalue weighted by molar-refractivity contribution is 0.581. The Morgan fingerprint density at radius 1 is 1.23 bits per heavy atom. The predicted molar refractivity (Wildman–Crippen MR) is 96.4 cm³/mol. The molecule has 0 heterocycles. The zero-order valence-electron chi connectivity index (χ0n) is 14.2. The van der Waals surface area contributed by atoms with E-state index in [-0.39, 0.29) is 0 Å². The number of amidine groups is 1. The quantitative estimate of drug-likeness (QED) is 0.617. The lowest BCUT2D eigenvalue weighted by Gasteiger charge is -2.14. The smallest absolute Gasteiger partial charge is 0.101 e. The minimum atomic E-state index is 0.551. The van der Waals surface area contributed by atoms with Gasteiger partial charge < -0.3 is 9.80 Å². The highest BCUT2D eigenvalue weighted by Crippen LogP contribution is 2.47. The van der Waals surface area contributed by atoms with E-state index >= 15 is 0 Å². The molecular weight excluding hydrogens is 272 g/mol. The van der Waals surface area contributed by atoms with Crippen LogP contribution in [0.1, 0.15) is 24.8 Å². The molecule has 0 N–H and O–H groups in total. The van der Waals surface area contributed by atoms with Crippen LogP contribution in [0.4, 0.5) is 5.69 Å². The highest BCUT2D eigenvalue weighted by molar-refractivity contribution is 5.82. The van der Waals surface area contributed by atoms with E-state index in [1.165, 1.54) is 16.8 Å². The number of anilines is 1. The van der Waals surface area contributed by atoms with E-state index in [9.17, 15) is 0 Å². The number of rotatable bonds is 5. The van der Waals surface area contributed by atoms with Crippen molar-refractivity contribution in [2.75, 3.05) is 39.6 Å². The zero-order valence-corrected chi connectivity index (χ0v) is 14.2. The van der Waals surface area contributed by atoms with E-state index in [0.717, 1.165) is 18.8 Å². The number of aliphatic imine (C=N–C) groups is 2. The highest BCUT2D eigenvalue weighted by atomic mass is 15.2. The Bertz CT molecular complexity index is 582. The first kappa shape index (κ1) is 16.3. The van der Waals surface area contributed by atoms with E-state index < -0.39 is 0 Å². The third-order valence-corrected chi connectivity index (χ3v) is 4.05. The van der Waals surface area contributed by atoms with Crippen LogP contribution in [-0.2, 0) is 0 Å². The Morgan fingerprint density at radius 3 is 2.50 bits per heavy atom. The van der Waals surface area contributed by atoms with Crippen molar-refractivity contribution in [2.45, 2.75) is 19.3 Å². The summed E-state index contributed by atoms with van der Waals surface area (Å²) in [6.07, 6.45) is 5.04. The molecule has 4 heteroatoms. The van der Waals surface area contributed by atoms with Gasteiger partial charge in [-0.2, -0.15) is 0 Å². The maximum atomic E-state index is 4.57. The van der Waals surface area contributed by atoms with Crippen LogP contribution >= 0.6 is 0 Å². The van der Waals surface area contributed by atoms with Gasteiger partial charge in [0.15, 0.2) is 0 Å². The van der Waals surface area contributed by atoms with Gasteiger partial charge in [-0.3, -0.25) is 4.99 Å². The van der Waals surface area contributed by atoms with Gasteiger partial charge in [0, 0.05) is 52.2 Å². The van der Waals surface area contributed by atoms with Crippen LogP contribution in [0.5, 0.6) is 0 Å². The van der Waals surface area contributed by atoms with Gasteiger partial charge >= 0.3 is 0 Å². The second kappa shape index (κ2) is 7.25. The first-order valence-corrected chi connectivity index (χ1v) is 7.65. The van der Waals surface area contributed by atoms with Crippen LogP contribution in [0.3, 0.4) is 0 Å². The van der Waals surface area contributed by atoms with Gasteiger partial charge in [0.25, 0.3) is 0 Å². The molecule has 4 nitrogen and oxygen atoms in total. The van der Waals surface area contributed by atoms with Gasteiger partial charge in [-0.25, -0.2) is 4.99 Å². The molecule has 1 aliphatic rings. The first-order valence-electron chi connectivity index (χ1n) is 7.65. The fourth-order valence-electron chi connectivity index (χ4n) is 2.27. The molecule has 22 heavy (non-hydrogen) atoms. The number of allylic oxidation sites excluding steroid dienone is 1. The van der Waals surface area contributed by atoms with Crippen molar-refractivity contribution in [1.29, 1.82) is 0 Å². The Hall–Kier alpha value is -2.10. The largest absolute Gasteiger partial charge is 0.378 e. The molecule has 1 atom stereocenters. The molecule has 0 spiro atoms. The average molecular weight is 298 g/mol. The molecule has 1 aromatic carbocycles. The van der Waals surface area contributed by atoms with Crippen LogP contribution in [0.25, 0.3) is 0 Å². The van der Waals surface area contributed by atoms with E-state index in [1.54, 1.807) is 7.05 Å². The van der Waals surface area contributed by atoms with Crippen molar-refractivity contribution in [3.05, 3.63) is 41.6 Å². The average Bonchev–Trinajstić information content (AvgIpc) is 3.29. The first-order chi connectivity index (χ1) is 10.5. The maximum absolute atomic E-state index is 4.57. The summed E-state index contributed by atoms with van der Waals surface area (Å²) in [5.74, 6) is 1.57. The number of hydrogen-bond donors (Lipinski definition) is 0. The summed E-state index contributed by atoms with van der Waals surface area (Å²) in [4.78, 5) is 12.8. The van der Waals surface area contributed by atoms with Crippen molar-refractivity contribution in [2.24, 2.45) is 9.98 Å². The molecule has 1 fully saturated rings. The van der Waals surface area contributed by atoms with Crippen molar-refractivity contribution in [3.8, 4) is 0 Å². The summed E-state index contributed by atoms with van der Waals surface area (Å²) in [6, 6.07) is 8.80. The van der Waals surface area contributed by atoms with Gasteiger partial charge in [-0.15, -0.1) is 0 Å². The normalized spacial score (nSPS) is 19.8. The molecule has 0 bridgehead atoms. The number of nitrogens with zero attached hydrogens (tertiary/aromatic N) is 4. The lowest BCUT2D eigenvalue weighted by atomic mass is 10.1. The third kappa shape index (κ3) is 4.20. The molecule has 1 unspecified atom stereocenters. The van der Waals surface area contributed by atoms with Crippen molar-refractivity contribution >= 4 is 17.7 Å². The summed E-state index contributed by atoms with van der Waals surface area (Å²) in [5.41, 5.74) is 4.04. The second-order valence-corrected chi connectivity index (χ2v) is 5.94.